The van der Waals surface area contributed by atoms with Gasteiger partial charge in [0.2, 0.25) is 0 Å². The van der Waals surface area contributed by atoms with Crippen molar-refractivity contribution in [3.8, 4) is 0 Å². The molecular formula is C26H18O6. The standard InChI is InChI=1S/2C10H6O3.C6H6/c2*11-9-6-8(10(12)13-9)7-4-2-1-3-5-7;1-2-4-6-5-3-1/h2*1-6H;1-6H. The molecule has 0 aromatic heterocycles. The Morgan fingerprint density at radius 2 is 0.688 bits per heavy atom. The lowest BCUT2D eigenvalue weighted by molar-refractivity contribution is -0.151. The molecule has 0 N–H and O–H groups in total. The monoisotopic (exact) mass is 426 g/mol. The van der Waals surface area contributed by atoms with Crippen LogP contribution in [-0.2, 0) is 28.7 Å². The van der Waals surface area contributed by atoms with Gasteiger partial charge >= 0.3 is 23.9 Å². The van der Waals surface area contributed by atoms with E-state index >= 15 is 0 Å². The Kier molecular flexibility index (Phi) is 7.59. The van der Waals surface area contributed by atoms with Crippen LogP contribution in [0.3, 0.4) is 0 Å². The van der Waals surface area contributed by atoms with Crippen LogP contribution < -0.4 is 0 Å². The van der Waals surface area contributed by atoms with E-state index in [4.69, 9.17) is 0 Å². The van der Waals surface area contributed by atoms with Crippen molar-refractivity contribution in [2.45, 2.75) is 0 Å². The number of cyclic esters (lactones) is 4. The molecule has 0 radical (unpaired) electrons. The van der Waals surface area contributed by atoms with Gasteiger partial charge in [-0.2, -0.15) is 0 Å². The van der Waals surface area contributed by atoms with Crippen molar-refractivity contribution in [1.82, 2.24) is 0 Å². The molecule has 0 saturated carbocycles. The highest BCUT2D eigenvalue weighted by atomic mass is 16.6. The summed E-state index contributed by atoms with van der Waals surface area (Å²) < 4.78 is 8.72. The first-order chi connectivity index (χ1) is 15.5. The minimum atomic E-state index is -0.594. The van der Waals surface area contributed by atoms with E-state index in [-0.39, 0.29) is 0 Å². The maximum absolute atomic E-state index is 11.1. The van der Waals surface area contributed by atoms with E-state index in [1.807, 2.05) is 48.5 Å². The summed E-state index contributed by atoms with van der Waals surface area (Å²) in [6, 6.07) is 29.9. The number of esters is 4. The molecular weight excluding hydrogens is 408 g/mol. The van der Waals surface area contributed by atoms with Gasteiger partial charge in [0.25, 0.3) is 0 Å². The number of carbonyl (C=O) groups is 4. The van der Waals surface area contributed by atoms with Gasteiger partial charge in [-0.1, -0.05) is 97.1 Å². The van der Waals surface area contributed by atoms with Crippen LogP contribution >= 0.6 is 0 Å². The lowest BCUT2D eigenvalue weighted by atomic mass is 10.1. The maximum Gasteiger partial charge on any atom is 0.346 e. The molecule has 158 valence electrons. The maximum atomic E-state index is 11.1. The second-order valence-corrected chi connectivity index (χ2v) is 6.42. The SMILES string of the molecule is O=C1C=C(c2ccccc2)C(=O)O1.O=C1C=C(c2ccccc2)C(=O)O1.c1ccccc1. The van der Waals surface area contributed by atoms with Crippen molar-refractivity contribution in [2.75, 3.05) is 0 Å². The molecule has 2 aliphatic heterocycles. The summed E-state index contributed by atoms with van der Waals surface area (Å²) in [5.74, 6) is -2.33. The third kappa shape index (κ3) is 6.21. The Hall–Kier alpha value is -4.58. The van der Waals surface area contributed by atoms with Crippen molar-refractivity contribution in [3.05, 3.63) is 120 Å². The fraction of sp³-hybridized carbons (Fsp3) is 0. The van der Waals surface area contributed by atoms with Gasteiger partial charge in [0.15, 0.2) is 0 Å². The molecule has 3 aromatic rings. The normalized spacial score (nSPS) is 14.1. The smallest absolute Gasteiger partial charge is 0.346 e. The highest BCUT2D eigenvalue weighted by Gasteiger charge is 2.25. The second-order valence-electron chi connectivity index (χ2n) is 6.42. The molecule has 0 fully saturated rings. The average Bonchev–Trinajstić information content (AvgIpc) is 3.36. The molecule has 0 amide bonds. The number of ether oxygens (including phenoxy) is 2. The predicted molar refractivity (Wildman–Crippen MR) is 117 cm³/mol. The van der Waals surface area contributed by atoms with Gasteiger partial charge in [0, 0.05) is 12.2 Å². The summed E-state index contributed by atoms with van der Waals surface area (Å²) >= 11 is 0. The van der Waals surface area contributed by atoms with Gasteiger partial charge < -0.3 is 9.47 Å². The van der Waals surface area contributed by atoms with Crippen molar-refractivity contribution in [3.63, 3.8) is 0 Å². The van der Waals surface area contributed by atoms with Crippen LogP contribution in [0.25, 0.3) is 11.1 Å². The van der Waals surface area contributed by atoms with E-state index in [9.17, 15) is 19.2 Å². The summed E-state index contributed by atoms with van der Waals surface area (Å²) in [6.45, 7) is 0. The van der Waals surface area contributed by atoms with Gasteiger partial charge in [-0.3, -0.25) is 0 Å². The summed E-state index contributed by atoms with van der Waals surface area (Å²) in [6.07, 6.45) is 2.41. The van der Waals surface area contributed by atoms with Gasteiger partial charge in [0.05, 0.1) is 11.1 Å². The van der Waals surface area contributed by atoms with Crippen LogP contribution in [0.15, 0.2) is 109 Å². The lowest BCUT2D eigenvalue weighted by Crippen LogP contribution is -2.00. The number of benzene rings is 3. The van der Waals surface area contributed by atoms with Crippen LogP contribution in [0.2, 0.25) is 0 Å². The molecule has 3 aromatic carbocycles. The third-order valence-electron chi connectivity index (χ3n) is 4.19. The Labute approximate surface area is 184 Å². The van der Waals surface area contributed by atoms with Crippen LogP contribution in [0, 0.1) is 0 Å². The highest BCUT2D eigenvalue weighted by molar-refractivity contribution is 6.28. The van der Waals surface area contributed by atoms with Crippen LogP contribution in [-0.4, -0.2) is 23.9 Å². The molecule has 0 unspecified atom stereocenters. The number of hydrogen-bond acceptors (Lipinski definition) is 6. The fourth-order valence-electron chi connectivity index (χ4n) is 2.73. The third-order valence-corrected chi connectivity index (χ3v) is 4.19. The van der Waals surface area contributed by atoms with E-state index in [1.54, 1.807) is 48.5 Å². The van der Waals surface area contributed by atoms with Gasteiger partial charge in [0.1, 0.15) is 0 Å². The van der Waals surface area contributed by atoms with E-state index in [2.05, 4.69) is 9.47 Å². The Morgan fingerprint density at radius 3 is 0.938 bits per heavy atom. The zero-order valence-corrected chi connectivity index (χ0v) is 16.8. The van der Waals surface area contributed by atoms with Crippen molar-refractivity contribution in [1.29, 1.82) is 0 Å². The van der Waals surface area contributed by atoms with Gasteiger partial charge in [-0.15, -0.1) is 0 Å². The Bertz CT molecular complexity index is 1060. The number of carbonyl (C=O) groups excluding carboxylic acids is 4. The summed E-state index contributed by atoms with van der Waals surface area (Å²) in [5.41, 5.74) is 2.06. The van der Waals surface area contributed by atoms with Crippen LogP contribution in [0.4, 0.5) is 0 Å². The summed E-state index contributed by atoms with van der Waals surface area (Å²) in [7, 11) is 0. The second kappa shape index (κ2) is 11.0. The highest BCUT2D eigenvalue weighted by Crippen LogP contribution is 2.21. The molecule has 0 saturated heterocycles. The molecule has 0 bridgehead atoms. The number of rotatable bonds is 2. The molecule has 0 atom stereocenters. The topological polar surface area (TPSA) is 86.7 Å². The molecule has 6 nitrogen and oxygen atoms in total. The van der Waals surface area contributed by atoms with Crippen molar-refractivity contribution < 1.29 is 28.7 Å². The zero-order valence-electron chi connectivity index (χ0n) is 16.8. The first kappa shape index (κ1) is 22.1. The van der Waals surface area contributed by atoms with Gasteiger partial charge in [-0.05, 0) is 11.1 Å². The first-order valence-electron chi connectivity index (χ1n) is 9.61. The minimum absolute atomic E-state index is 0.325. The largest absolute Gasteiger partial charge is 0.386 e. The molecule has 32 heavy (non-hydrogen) atoms. The average molecular weight is 426 g/mol. The predicted octanol–water partition coefficient (Wildman–Crippen LogP) is 3.99. The lowest BCUT2D eigenvalue weighted by Gasteiger charge is -1.96. The van der Waals surface area contributed by atoms with E-state index < -0.39 is 23.9 Å². The molecule has 2 aliphatic rings. The molecule has 5 rings (SSSR count). The fourth-order valence-corrected chi connectivity index (χ4v) is 2.73. The van der Waals surface area contributed by atoms with Crippen LogP contribution in [0.1, 0.15) is 11.1 Å². The van der Waals surface area contributed by atoms with Crippen molar-refractivity contribution >= 4 is 35.0 Å². The first-order valence-corrected chi connectivity index (χ1v) is 9.61. The molecule has 6 heteroatoms. The summed E-state index contributed by atoms with van der Waals surface area (Å²) in [5, 5.41) is 0. The van der Waals surface area contributed by atoms with E-state index in [1.165, 1.54) is 12.2 Å². The Morgan fingerprint density at radius 1 is 0.406 bits per heavy atom. The Balaban J connectivity index is 0.000000145. The molecule has 0 aliphatic carbocycles. The zero-order chi connectivity index (χ0) is 22.8. The summed E-state index contributed by atoms with van der Waals surface area (Å²) in [4.78, 5) is 43.6. The number of hydrogen-bond donors (Lipinski definition) is 0. The van der Waals surface area contributed by atoms with E-state index in [0.717, 1.165) is 0 Å². The molecule has 0 spiro atoms. The van der Waals surface area contributed by atoms with Crippen LogP contribution in [0.5, 0.6) is 0 Å². The van der Waals surface area contributed by atoms with E-state index in [0.29, 0.717) is 22.3 Å². The van der Waals surface area contributed by atoms with Gasteiger partial charge in [-0.25, -0.2) is 19.2 Å². The molecule has 2 heterocycles. The minimum Gasteiger partial charge on any atom is -0.386 e. The van der Waals surface area contributed by atoms with Crippen molar-refractivity contribution in [2.24, 2.45) is 0 Å². The quantitative estimate of drug-likeness (QED) is 0.455.